The number of benzene rings is 3. The number of phenols is 1. The molecule has 41 heavy (non-hydrogen) atoms. The lowest BCUT2D eigenvalue weighted by Gasteiger charge is -2.22. The van der Waals surface area contributed by atoms with Crippen LogP contribution in [0.1, 0.15) is 27.2 Å². The molecule has 0 fully saturated rings. The highest BCUT2D eigenvalue weighted by Crippen LogP contribution is 2.41. The molecule has 0 radical (unpaired) electrons. The molecule has 0 amide bonds. The van der Waals surface area contributed by atoms with Crippen LogP contribution in [0.5, 0.6) is 17.2 Å². The number of nitrogens with zero attached hydrogens (tertiary/aromatic N) is 3. The summed E-state index contributed by atoms with van der Waals surface area (Å²) in [6, 6.07) is 19.8. The summed E-state index contributed by atoms with van der Waals surface area (Å²) in [6.07, 6.45) is 0.0749. The summed E-state index contributed by atoms with van der Waals surface area (Å²) >= 11 is 0. The summed E-state index contributed by atoms with van der Waals surface area (Å²) in [5, 5.41) is 19.5. The Morgan fingerprint density at radius 1 is 0.805 bits per heavy atom. The third-order valence-electron chi connectivity index (χ3n) is 7.22. The normalized spacial score (nSPS) is 10.9. The van der Waals surface area contributed by atoms with Crippen LogP contribution in [0.15, 0.2) is 60.7 Å². The Hall–Kier alpha value is -4.66. The molecule has 1 aromatic heterocycles. The van der Waals surface area contributed by atoms with Crippen molar-refractivity contribution in [2.24, 2.45) is 0 Å². The van der Waals surface area contributed by atoms with Crippen LogP contribution < -0.4 is 19.3 Å². The Bertz CT molecular complexity index is 1440. The Morgan fingerprint density at radius 3 is 1.80 bits per heavy atom. The summed E-state index contributed by atoms with van der Waals surface area (Å²) in [7, 11) is 2.98. The van der Waals surface area contributed by atoms with Crippen LogP contribution in [0, 0.1) is 0 Å². The first-order valence-electron chi connectivity index (χ1n) is 13.8. The second kappa shape index (κ2) is 13.1. The number of methoxy groups -OCH3 is 2. The molecule has 0 aliphatic rings. The number of aromatic nitrogens is 2. The van der Waals surface area contributed by atoms with Crippen molar-refractivity contribution in [1.82, 2.24) is 9.97 Å². The van der Waals surface area contributed by atoms with E-state index in [0.29, 0.717) is 24.5 Å². The van der Waals surface area contributed by atoms with Gasteiger partial charge >= 0.3 is 5.97 Å². The summed E-state index contributed by atoms with van der Waals surface area (Å²) in [4.78, 5) is 23.9. The van der Waals surface area contributed by atoms with E-state index in [1.54, 1.807) is 12.1 Å². The van der Waals surface area contributed by atoms with Crippen LogP contribution in [0.4, 0.5) is 11.4 Å². The molecule has 0 saturated heterocycles. The minimum absolute atomic E-state index is 0.0725. The number of rotatable bonds is 13. The van der Waals surface area contributed by atoms with E-state index in [4.69, 9.17) is 19.6 Å². The Kier molecular flexibility index (Phi) is 9.39. The highest BCUT2D eigenvalue weighted by molar-refractivity contribution is 5.83. The summed E-state index contributed by atoms with van der Waals surface area (Å²) in [5.74, 6) is 0.278. The molecule has 9 heteroatoms. The van der Waals surface area contributed by atoms with Gasteiger partial charge in [0.05, 0.1) is 32.0 Å². The molecule has 0 aliphatic heterocycles. The third-order valence-corrected chi connectivity index (χ3v) is 7.22. The molecule has 9 nitrogen and oxygen atoms in total. The van der Waals surface area contributed by atoms with Crippen LogP contribution >= 0.6 is 0 Å². The topological polar surface area (TPSA) is 111 Å². The first kappa shape index (κ1) is 29.3. The van der Waals surface area contributed by atoms with Gasteiger partial charge in [-0.25, -0.2) is 4.98 Å². The molecular formula is C32H38N4O5. The van der Waals surface area contributed by atoms with Gasteiger partial charge in [0.2, 0.25) is 5.75 Å². The number of carboxylic acid groups (broad SMARTS) is 1. The molecule has 4 aromatic rings. The number of ether oxygens (including phenoxy) is 2. The van der Waals surface area contributed by atoms with E-state index in [-0.39, 0.29) is 23.7 Å². The second-order valence-corrected chi connectivity index (χ2v) is 9.53. The largest absolute Gasteiger partial charge is 0.502 e. The molecule has 3 N–H and O–H groups in total. The molecule has 0 saturated carbocycles. The fourth-order valence-corrected chi connectivity index (χ4v) is 4.92. The maximum Gasteiger partial charge on any atom is 0.305 e. The molecule has 0 atom stereocenters. The quantitative estimate of drug-likeness (QED) is 0.176. The minimum Gasteiger partial charge on any atom is -0.502 e. The van der Waals surface area contributed by atoms with Crippen molar-refractivity contribution in [3.05, 3.63) is 60.7 Å². The predicted molar refractivity (Wildman–Crippen MR) is 163 cm³/mol. The lowest BCUT2D eigenvalue weighted by molar-refractivity contribution is -0.136. The Balaban J connectivity index is 1.80. The maximum absolute atomic E-state index is 11.1. The van der Waals surface area contributed by atoms with Gasteiger partial charge in [0.15, 0.2) is 11.5 Å². The first-order valence-corrected chi connectivity index (χ1v) is 13.8. The molecule has 216 valence electrons. The Morgan fingerprint density at radius 2 is 1.32 bits per heavy atom. The molecule has 3 aromatic carbocycles. The molecule has 1 heterocycles. The lowest BCUT2D eigenvalue weighted by Crippen LogP contribution is -2.25. The van der Waals surface area contributed by atoms with Gasteiger partial charge in [-0.05, 0) is 57.2 Å². The third kappa shape index (κ3) is 6.40. The molecule has 0 bridgehead atoms. The molecule has 0 spiro atoms. The monoisotopic (exact) mass is 558 g/mol. The van der Waals surface area contributed by atoms with Gasteiger partial charge in [-0.1, -0.05) is 24.3 Å². The van der Waals surface area contributed by atoms with E-state index in [1.807, 2.05) is 36.1 Å². The number of aromatic hydroxyl groups is 1. The van der Waals surface area contributed by atoms with Crippen molar-refractivity contribution in [3.8, 4) is 51.2 Å². The van der Waals surface area contributed by atoms with Crippen LogP contribution in [-0.4, -0.2) is 66.5 Å². The van der Waals surface area contributed by atoms with Crippen molar-refractivity contribution in [2.45, 2.75) is 27.2 Å². The fraction of sp³-hybridized carbons (Fsp3) is 0.312. The fourth-order valence-electron chi connectivity index (χ4n) is 4.92. The van der Waals surface area contributed by atoms with Crippen molar-refractivity contribution in [1.29, 1.82) is 0 Å². The van der Waals surface area contributed by atoms with Crippen molar-refractivity contribution in [2.75, 3.05) is 50.2 Å². The number of H-pyrrole nitrogens is 1. The van der Waals surface area contributed by atoms with Crippen LogP contribution in [-0.2, 0) is 4.79 Å². The van der Waals surface area contributed by atoms with Crippen molar-refractivity contribution < 1.29 is 24.5 Å². The van der Waals surface area contributed by atoms with Gasteiger partial charge in [-0.3, -0.25) is 4.79 Å². The van der Waals surface area contributed by atoms with Gasteiger partial charge in [0.25, 0.3) is 0 Å². The summed E-state index contributed by atoms with van der Waals surface area (Å²) < 4.78 is 10.8. The standard InChI is InChI=1S/C32H38N4O5/c1-6-35(7-2)24-13-9-21(10-14-24)29-30(22-11-15-25(16-12-22)36(8-3)18-17-28(37)38)34-32(33-29)23-19-26(40-4)31(39)27(20-23)41-5/h9-16,19-20,39H,6-8,17-18H2,1-5H3,(H,33,34)(H,37,38). The van der Waals surface area contributed by atoms with Gasteiger partial charge in [-0.15, -0.1) is 0 Å². The van der Waals surface area contributed by atoms with E-state index in [1.165, 1.54) is 14.2 Å². The van der Waals surface area contributed by atoms with Gasteiger partial charge in [0.1, 0.15) is 5.82 Å². The van der Waals surface area contributed by atoms with Gasteiger partial charge in [0, 0.05) is 54.2 Å². The van der Waals surface area contributed by atoms with E-state index >= 15 is 0 Å². The van der Waals surface area contributed by atoms with Gasteiger partial charge < -0.3 is 34.5 Å². The number of hydrogen-bond donors (Lipinski definition) is 3. The zero-order chi connectivity index (χ0) is 29.5. The zero-order valence-corrected chi connectivity index (χ0v) is 24.3. The molecule has 0 aliphatic carbocycles. The zero-order valence-electron chi connectivity index (χ0n) is 24.3. The number of anilines is 2. The van der Waals surface area contributed by atoms with E-state index < -0.39 is 5.97 Å². The highest BCUT2D eigenvalue weighted by Gasteiger charge is 2.19. The van der Waals surface area contributed by atoms with Crippen LogP contribution in [0.2, 0.25) is 0 Å². The van der Waals surface area contributed by atoms with Gasteiger partial charge in [-0.2, -0.15) is 0 Å². The molecule has 0 unspecified atom stereocenters. The maximum atomic E-state index is 11.1. The summed E-state index contributed by atoms with van der Waals surface area (Å²) in [5.41, 5.74) is 6.31. The predicted octanol–water partition coefficient (Wildman–Crippen LogP) is 6.28. The second-order valence-electron chi connectivity index (χ2n) is 9.53. The number of aromatic amines is 1. The smallest absolute Gasteiger partial charge is 0.305 e. The number of nitrogens with one attached hydrogen (secondary N) is 1. The van der Waals surface area contributed by atoms with Crippen LogP contribution in [0.25, 0.3) is 33.9 Å². The number of aliphatic carboxylic acids is 1. The van der Waals surface area contributed by atoms with Crippen molar-refractivity contribution >= 4 is 17.3 Å². The number of phenolic OH excluding ortho intramolecular Hbond substituents is 1. The number of carboxylic acids is 1. The average Bonchev–Trinajstić information content (AvgIpc) is 3.44. The van der Waals surface area contributed by atoms with E-state index in [9.17, 15) is 9.90 Å². The summed E-state index contributed by atoms with van der Waals surface area (Å²) in [6.45, 7) is 9.28. The number of carbonyl (C=O) groups is 1. The SMILES string of the molecule is CCN(CC)c1ccc(-c2[nH]c(-c3cc(OC)c(O)c(OC)c3)nc2-c2ccc(N(CC)CCC(=O)O)cc2)cc1. The number of hydrogen-bond acceptors (Lipinski definition) is 7. The highest BCUT2D eigenvalue weighted by atomic mass is 16.5. The molecule has 4 rings (SSSR count). The van der Waals surface area contributed by atoms with E-state index in [0.717, 1.165) is 47.0 Å². The van der Waals surface area contributed by atoms with E-state index in [2.05, 4.69) is 48.0 Å². The number of imidazole rings is 1. The average molecular weight is 559 g/mol. The van der Waals surface area contributed by atoms with Crippen molar-refractivity contribution in [3.63, 3.8) is 0 Å². The lowest BCUT2D eigenvalue weighted by atomic mass is 10.0. The Labute approximate surface area is 241 Å². The molecular weight excluding hydrogens is 520 g/mol. The minimum atomic E-state index is -0.816. The first-order chi connectivity index (χ1) is 19.8. The van der Waals surface area contributed by atoms with Crippen LogP contribution in [0.3, 0.4) is 0 Å².